The average molecular weight is 236 g/mol. The van der Waals surface area contributed by atoms with Gasteiger partial charge in [-0.05, 0) is 30.5 Å². The van der Waals surface area contributed by atoms with Crippen molar-refractivity contribution < 1.29 is 9.47 Å². The summed E-state index contributed by atoms with van der Waals surface area (Å²) in [6.07, 6.45) is 5.51. The lowest BCUT2D eigenvalue weighted by atomic mass is 10.0. The molecule has 3 unspecified atom stereocenters. The van der Waals surface area contributed by atoms with E-state index in [0.717, 1.165) is 25.0 Å². The summed E-state index contributed by atoms with van der Waals surface area (Å²) >= 11 is 0. The molecule has 1 fully saturated rings. The van der Waals surface area contributed by atoms with Gasteiger partial charge < -0.3 is 15.2 Å². The molecule has 0 aliphatic carbocycles. The molecule has 94 valence electrons. The Morgan fingerprint density at radius 1 is 1.53 bits per heavy atom. The second-order valence-corrected chi connectivity index (χ2v) is 4.39. The molecule has 0 bridgehead atoms. The van der Waals surface area contributed by atoms with Crippen molar-refractivity contribution in [1.29, 1.82) is 0 Å². The minimum atomic E-state index is -0.0605. The number of hydrogen-bond acceptors (Lipinski definition) is 4. The third kappa shape index (κ3) is 3.25. The van der Waals surface area contributed by atoms with Crippen LogP contribution in [0.1, 0.15) is 31.4 Å². The molecule has 1 aromatic heterocycles. The fourth-order valence-electron chi connectivity index (χ4n) is 2.02. The van der Waals surface area contributed by atoms with Gasteiger partial charge in [0.15, 0.2) is 0 Å². The van der Waals surface area contributed by atoms with Crippen LogP contribution in [0.3, 0.4) is 0 Å². The predicted molar refractivity (Wildman–Crippen MR) is 65.6 cm³/mol. The van der Waals surface area contributed by atoms with Gasteiger partial charge >= 0.3 is 0 Å². The second kappa shape index (κ2) is 6.10. The fraction of sp³-hybridized carbons (Fsp3) is 0.615. The van der Waals surface area contributed by atoms with Gasteiger partial charge in [-0.1, -0.05) is 6.92 Å². The van der Waals surface area contributed by atoms with Crippen molar-refractivity contribution in [2.24, 2.45) is 5.73 Å². The molecule has 0 aromatic carbocycles. The standard InChI is InChI=1S/C13H20N2O2/c1-2-12(14)13(10-3-6-15-7-4-10)17-11-5-8-16-9-11/h3-4,6-7,11-13H,2,5,8-9,14H2,1H3. The molecule has 4 nitrogen and oxygen atoms in total. The van der Waals surface area contributed by atoms with Crippen LogP contribution in [0.15, 0.2) is 24.5 Å². The third-order valence-corrected chi connectivity index (χ3v) is 3.12. The molecule has 4 heteroatoms. The summed E-state index contributed by atoms with van der Waals surface area (Å²) < 4.78 is 11.4. The van der Waals surface area contributed by atoms with E-state index in [-0.39, 0.29) is 18.2 Å². The lowest BCUT2D eigenvalue weighted by Crippen LogP contribution is -2.32. The van der Waals surface area contributed by atoms with Crippen LogP contribution < -0.4 is 5.73 Å². The van der Waals surface area contributed by atoms with Crippen molar-refractivity contribution in [3.8, 4) is 0 Å². The van der Waals surface area contributed by atoms with Gasteiger partial charge in [-0.25, -0.2) is 0 Å². The number of aromatic nitrogens is 1. The van der Waals surface area contributed by atoms with E-state index in [1.165, 1.54) is 0 Å². The van der Waals surface area contributed by atoms with Crippen molar-refractivity contribution in [1.82, 2.24) is 4.98 Å². The minimum absolute atomic E-state index is 0.0120. The Bertz CT molecular complexity index is 325. The first-order chi connectivity index (χ1) is 8.31. The summed E-state index contributed by atoms with van der Waals surface area (Å²) in [5.74, 6) is 0. The van der Waals surface area contributed by atoms with Gasteiger partial charge in [0, 0.05) is 25.0 Å². The van der Waals surface area contributed by atoms with Crippen LogP contribution in [0, 0.1) is 0 Å². The summed E-state index contributed by atoms with van der Waals surface area (Å²) in [4.78, 5) is 4.02. The second-order valence-electron chi connectivity index (χ2n) is 4.39. The minimum Gasteiger partial charge on any atom is -0.379 e. The molecule has 1 aliphatic rings. The number of pyridine rings is 1. The smallest absolute Gasteiger partial charge is 0.0981 e. The van der Waals surface area contributed by atoms with Crippen LogP contribution >= 0.6 is 0 Å². The van der Waals surface area contributed by atoms with Gasteiger partial charge in [0.05, 0.1) is 18.8 Å². The highest BCUT2D eigenvalue weighted by molar-refractivity contribution is 5.15. The lowest BCUT2D eigenvalue weighted by Gasteiger charge is -2.26. The highest BCUT2D eigenvalue weighted by Crippen LogP contribution is 2.25. The van der Waals surface area contributed by atoms with Crippen molar-refractivity contribution in [2.45, 2.75) is 38.0 Å². The van der Waals surface area contributed by atoms with Crippen LogP contribution in [-0.2, 0) is 9.47 Å². The Morgan fingerprint density at radius 2 is 2.29 bits per heavy atom. The van der Waals surface area contributed by atoms with E-state index in [1.54, 1.807) is 12.4 Å². The summed E-state index contributed by atoms with van der Waals surface area (Å²) in [5, 5.41) is 0. The Hall–Kier alpha value is -0.970. The highest BCUT2D eigenvalue weighted by atomic mass is 16.6. The van der Waals surface area contributed by atoms with Gasteiger partial charge in [-0.15, -0.1) is 0 Å². The van der Waals surface area contributed by atoms with E-state index in [4.69, 9.17) is 15.2 Å². The van der Waals surface area contributed by atoms with Crippen molar-refractivity contribution in [3.05, 3.63) is 30.1 Å². The predicted octanol–water partition coefficient (Wildman–Crippen LogP) is 1.67. The van der Waals surface area contributed by atoms with E-state index < -0.39 is 0 Å². The summed E-state index contributed by atoms with van der Waals surface area (Å²) in [7, 11) is 0. The van der Waals surface area contributed by atoms with Gasteiger partial charge in [0.25, 0.3) is 0 Å². The largest absolute Gasteiger partial charge is 0.379 e. The maximum Gasteiger partial charge on any atom is 0.0981 e. The zero-order valence-corrected chi connectivity index (χ0v) is 10.2. The molecule has 2 rings (SSSR count). The lowest BCUT2D eigenvalue weighted by molar-refractivity contribution is -0.0301. The number of rotatable bonds is 5. The molecular weight excluding hydrogens is 216 g/mol. The van der Waals surface area contributed by atoms with E-state index in [0.29, 0.717) is 6.61 Å². The SMILES string of the molecule is CCC(N)C(OC1CCOC1)c1ccncc1. The molecule has 1 aliphatic heterocycles. The maximum absolute atomic E-state index is 6.14. The molecule has 0 amide bonds. The molecule has 1 saturated heterocycles. The Kier molecular flexibility index (Phi) is 4.48. The number of nitrogens with zero attached hydrogens (tertiary/aromatic N) is 1. The normalized spacial score (nSPS) is 23.5. The first-order valence-corrected chi connectivity index (χ1v) is 6.20. The molecule has 2 N–H and O–H groups in total. The molecule has 0 radical (unpaired) electrons. The zero-order valence-electron chi connectivity index (χ0n) is 10.2. The molecule has 0 saturated carbocycles. The Labute approximate surface area is 102 Å². The monoisotopic (exact) mass is 236 g/mol. The van der Waals surface area contributed by atoms with Crippen molar-refractivity contribution in [2.75, 3.05) is 13.2 Å². The topological polar surface area (TPSA) is 57.4 Å². The fourth-order valence-corrected chi connectivity index (χ4v) is 2.02. The van der Waals surface area contributed by atoms with Gasteiger partial charge in [0.1, 0.15) is 0 Å². The average Bonchev–Trinajstić information content (AvgIpc) is 2.89. The van der Waals surface area contributed by atoms with E-state index >= 15 is 0 Å². The van der Waals surface area contributed by atoms with E-state index in [1.807, 2.05) is 12.1 Å². The first kappa shape index (κ1) is 12.5. The van der Waals surface area contributed by atoms with Gasteiger partial charge in [-0.3, -0.25) is 4.98 Å². The van der Waals surface area contributed by atoms with Crippen molar-refractivity contribution in [3.63, 3.8) is 0 Å². The summed E-state index contributed by atoms with van der Waals surface area (Å²) in [6.45, 7) is 3.54. The Balaban J connectivity index is 2.07. The first-order valence-electron chi connectivity index (χ1n) is 6.20. The number of ether oxygens (including phenoxy) is 2. The maximum atomic E-state index is 6.14. The molecule has 17 heavy (non-hydrogen) atoms. The number of hydrogen-bond donors (Lipinski definition) is 1. The van der Waals surface area contributed by atoms with E-state index in [9.17, 15) is 0 Å². The molecular formula is C13H20N2O2. The molecule has 2 heterocycles. The molecule has 3 atom stereocenters. The van der Waals surface area contributed by atoms with Gasteiger partial charge in [-0.2, -0.15) is 0 Å². The van der Waals surface area contributed by atoms with Crippen LogP contribution in [0.5, 0.6) is 0 Å². The van der Waals surface area contributed by atoms with Crippen LogP contribution in [0.4, 0.5) is 0 Å². The van der Waals surface area contributed by atoms with Crippen molar-refractivity contribution >= 4 is 0 Å². The highest BCUT2D eigenvalue weighted by Gasteiger charge is 2.25. The Morgan fingerprint density at radius 3 is 2.88 bits per heavy atom. The molecule has 1 aromatic rings. The van der Waals surface area contributed by atoms with Crippen LogP contribution in [0.25, 0.3) is 0 Å². The molecule has 0 spiro atoms. The summed E-state index contributed by atoms with van der Waals surface area (Å²) in [5.41, 5.74) is 7.24. The zero-order chi connectivity index (χ0) is 12.1. The van der Waals surface area contributed by atoms with Crippen LogP contribution in [0.2, 0.25) is 0 Å². The van der Waals surface area contributed by atoms with E-state index in [2.05, 4.69) is 11.9 Å². The van der Waals surface area contributed by atoms with Crippen LogP contribution in [-0.4, -0.2) is 30.3 Å². The quantitative estimate of drug-likeness (QED) is 0.844. The number of nitrogens with two attached hydrogens (primary N) is 1. The van der Waals surface area contributed by atoms with Gasteiger partial charge in [0.2, 0.25) is 0 Å². The third-order valence-electron chi connectivity index (χ3n) is 3.12. The summed E-state index contributed by atoms with van der Waals surface area (Å²) in [6, 6.07) is 3.95.